The fourth-order valence-electron chi connectivity index (χ4n) is 2.84. The second-order valence-corrected chi connectivity index (χ2v) is 6.91. The van der Waals surface area contributed by atoms with Gasteiger partial charge in [0.05, 0.1) is 7.11 Å². The summed E-state index contributed by atoms with van der Waals surface area (Å²) < 4.78 is 10.2. The van der Waals surface area contributed by atoms with Crippen molar-refractivity contribution in [2.75, 3.05) is 12.8 Å². The standard InChI is InChI=1S/C17H24N2O4/c1-16(2,3)23-15(21)19-17(14(20)22-4)8-7-11-9-13(18)6-5-12(11)10-17/h5-6,9H,7-8,10,18H2,1-4H3,(H,19,21). The molecule has 0 saturated heterocycles. The predicted octanol–water partition coefficient (Wildman–Crippen LogP) is 2.19. The molecule has 126 valence electrons. The second-order valence-electron chi connectivity index (χ2n) is 6.91. The largest absolute Gasteiger partial charge is 0.467 e. The molecule has 1 unspecified atom stereocenters. The van der Waals surface area contributed by atoms with Crippen LogP contribution in [0.2, 0.25) is 0 Å². The Labute approximate surface area is 136 Å². The van der Waals surface area contributed by atoms with Gasteiger partial charge in [0.2, 0.25) is 0 Å². The molecule has 6 heteroatoms. The molecule has 2 rings (SSSR count). The predicted molar refractivity (Wildman–Crippen MR) is 87.0 cm³/mol. The van der Waals surface area contributed by atoms with Crippen LogP contribution in [0.25, 0.3) is 0 Å². The fraction of sp³-hybridized carbons (Fsp3) is 0.529. The number of benzene rings is 1. The molecule has 0 heterocycles. The second kappa shape index (κ2) is 6.10. The number of nitrogens with two attached hydrogens (primary N) is 1. The summed E-state index contributed by atoms with van der Waals surface area (Å²) in [7, 11) is 1.32. The van der Waals surface area contributed by atoms with E-state index in [1.54, 1.807) is 26.8 Å². The highest BCUT2D eigenvalue weighted by atomic mass is 16.6. The van der Waals surface area contributed by atoms with Gasteiger partial charge in [-0.15, -0.1) is 0 Å². The number of alkyl carbamates (subject to hydrolysis) is 1. The van der Waals surface area contributed by atoms with Crippen molar-refractivity contribution in [3.63, 3.8) is 0 Å². The van der Waals surface area contributed by atoms with E-state index in [2.05, 4.69) is 5.32 Å². The smallest absolute Gasteiger partial charge is 0.408 e. The van der Waals surface area contributed by atoms with Crippen LogP contribution in [0.1, 0.15) is 38.3 Å². The lowest BCUT2D eigenvalue weighted by Gasteiger charge is -2.36. The van der Waals surface area contributed by atoms with E-state index < -0.39 is 23.2 Å². The van der Waals surface area contributed by atoms with Crippen molar-refractivity contribution in [3.05, 3.63) is 29.3 Å². The number of rotatable bonds is 2. The van der Waals surface area contributed by atoms with Crippen LogP contribution >= 0.6 is 0 Å². The summed E-state index contributed by atoms with van der Waals surface area (Å²) in [6.07, 6.45) is 0.802. The first-order chi connectivity index (χ1) is 10.6. The lowest BCUT2D eigenvalue weighted by atomic mass is 9.77. The number of anilines is 1. The lowest BCUT2D eigenvalue weighted by Crippen LogP contribution is -2.59. The molecular formula is C17H24N2O4. The molecule has 6 nitrogen and oxygen atoms in total. The van der Waals surface area contributed by atoms with E-state index in [1.807, 2.05) is 12.1 Å². The summed E-state index contributed by atoms with van der Waals surface area (Å²) >= 11 is 0. The number of esters is 1. The molecule has 1 amide bonds. The van der Waals surface area contributed by atoms with E-state index in [0.717, 1.165) is 11.1 Å². The average Bonchev–Trinajstić information content (AvgIpc) is 2.44. The monoisotopic (exact) mass is 320 g/mol. The Bertz CT molecular complexity index is 622. The highest BCUT2D eigenvalue weighted by Gasteiger charge is 2.44. The zero-order valence-electron chi connectivity index (χ0n) is 14.1. The Morgan fingerprint density at radius 2 is 1.96 bits per heavy atom. The van der Waals surface area contributed by atoms with E-state index in [1.165, 1.54) is 7.11 Å². The number of carbonyl (C=O) groups is 2. The van der Waals surface area contributed by atoms with Crippen LogP contribution < -0.4 is 11.1 Å². The van der Waals surface area contributed by atoms with Crippen LogP contribution in [0.15, 0.2) is 18.2 Å². The molecule has 0 saturated carbocycles. The van der Waals surface area contributed by atoms with Crippen LogP contribution in [0.3, 0.4) is 0 Å². The minimum absolute atomic E-state index is 0.356. The molecule has 1 aliphatic carbocycles. The number of ether oxygens (including phenoxy) is 2. The van der Waals surface area contributed by atoms with Crippen molar-refractivity contribution >= 4 is 17.7 Å². The zero-order chi connectivity index (χ0) is 17.3. The van der Waals surface area contributed by atoms with Crippen LogP contribution in [0.5, 0.6) is 0 Å². The quantitative estimate of drug-likeness (QED) is 0.644. The summed E-state index contributed by atoms with van der Waals surface area (Å²) in [5.41, 5.74) is 6.82. The first-order valence-electron chi connectivity index (χ1n) is 7.62. The van der Waals surface area contributed by atoms with Gasteiger partial charge in [-0.05, 0) is 56.9 Å². The fourth-order valence-corrected chi connectivity index (χ4v) is 2.84. The van der Waals surface area contributed by atoms with Crippen molar-refractivity contribution < 1.29 is 19.1 Å². The molecule has 23 heavy (non-hydrogen) atoms. The van der Waals surface area contributed by atoms with E-state index in [-0.39, 0.29) is 0 Å². The Morgan fingerprint density at radius 1 is 1.26 bits per heavy atom. The van der Waals surface area contributed by atoms with Crippen LogP contribution in [0, 0.1) is 0 Å². The molecule has 1 atom stereocenters. The number of carbonyl (C=O) groups excluding carboxylic acids is 2. The molecular weight excluding hydrogens is 296 g/mol. The Balaban J connectivity index is 2.26. The molecule has 0 fully saturated rings. The number of methoxy groups -OCH3 is 1. The number of amides is 1. The number of hydrogen-bond donors (Lipinski definition) is 2. The van der Waals surface area contributed by atoms with Crippen molar-refractivity contribution in [2.45, 2.75) is 51.2 Å². The Morgan fingerprint density at radius 3 is 2.57 bits per heavy atom. The molecule has 1 aromatic rings. The molecule has 3 N–H and O–H groups in total. The van der Waals surface area contributed by atoms with Gasteiger partial charge in [-0.3, -0.25) is 0 Å². The summed E-state index contributed by atoms with van der Waals surface area (Å²) in [5.74, 6) is -0.467. The topological polar surface area (TPSA) is 90.6 Å². The normalized spacial score (nSPS) is 20.3. The summed E-state index contributed by atoms with van der Waals surface area (Å²) in [6, 6.07) is 5.59. The van der Waals surface area contributed by atoms with Gasteiger partial charge in [0, 0.05) is 12.1 Å². The first kappa shape index (κ1) is 17.1. The third-order valence-corrected chi connectivity index (χ3v) is 3.86. The third kappa shape index (κ3) is 3.94. The maximum atomic E-state index is 12.3. The molecule has 1 aromatic carbocycles. The van der Waals surface area contributed by atoms with Crippen molar-refractivity contribution in [1.82, 2.24) is 5.32 Å². The van der Waals surface area contributed by atoms with Crippen LogP contribution in [-0.2, 0) is 27.1 Å². The Kier molecular flexibility index (Phi) is 4.54. The first-order valence-corrected chi connectivity index (χ1v) is 7.62. The molecule has 0 spiro atoms. The van der Waals surface area contributed by atoms with Crippen molar-refractivity contribution in [2.24, 2.45) is 0 Å². The van der Waals surface area contributed by atoms with Gasteiger partial charge in [0.25, 0.3) is 0 Å². The van der Waals surface area contributed by atoms with E-state index in [9.17, 15) is 9.59 Å². The zero-order valence-corrected chi connectivity index (χ0v) is 14.1. The number of nitrogens with one attached hydrogen (secondary N) is 1. The lowest BCUT2D eigenvalue weighted by molar-refractivity contribution is -0.149. The van der Waals surface area contributed by atoms with Gasteiger partial charge in [0.1, 0.15) is 11.1 Å². The maximum absolute atomic E-state index is 12.3. The average molecular weight is 320 g/mol. The molecule has 0 bridgehead atoms. The summed E-state index contributed by atoms with van der Waals surface area (Å²) in [4.78, 5) is 24.5. The number of nitrogen functional groups attached to an aromatic ring is 1. The number of fused-ring (bicyclic) bond motifs is 1. The summed E-state index contributed by atoms with van der Waals surface area (Å²) in [6.45, 7) is 5.32. The van der Waals surface area contributed by atoms with Gasteiger partial charge in [-0.2, -0.15) is 0 Å². The number of aryl methyl sites for hydroxylation is 1. The minimum Gasteiger partial charge on any atom is -0.467 e. The molecule has 0 aliphatic heterocycles. The molecule has 0 radical (unpaired) electrons. The van der Waals surface area contributed by atoms with Gasteiger partial charge < -0.3 is 20.5 Å². The maximum Gasteiger partial charge on any atom is 0.408 e. The van der Waals surface area contributed by atoms with Crippen molar-refractivity contribution in [1.29, 1.82) is 0 Å². The van der Waals surface area contributed by atoms with Gasteiger partial charge in [-0.25, -0.2) is 9.59 Å². The van der Waals surface area contributed by atoms with E-state index in [4.69, 9.17) is 15.2 Å². The summed E-state index contributed by atoms with van der Waals surface area (Å²) in [5, 5.41) is 2.73. The third-order valence-electron chi connectivity index (χ3n) is 3.86. The van der Waals surface area contributed by atoms with Crippen molar-refractivity contribution in [3.8, 4) is 0 Å². The van der Waals surface area contributed by atoms with Gasteiger partial charge in [0.15, 0.2) is 0 Å². The van der Waals surface area contributed by atoms with Crippen LogP contribution in [0.4, 0.5) is 10.5 Å². The SMILES string of the molecule is COC(=O)C1(NC(=O)OC(C)(C)C)CCc2cc(N)ccc2C1. The molecule has 0 aromatic heterocycles. The highest BCUT2D eigenvalue weighted by Crippen LogP contribution is 2.31. The van der Waals surface area contributed by atoms with E-state index >= 15 is 0 Å². The van der Waals surface area contributed by atoms with Gasteiger partial charge >= 0.3 is 12.1 Å². The number of hydrogen-bond acceptors (Lipinski definition) is 5. The minimum atomic E-state index is -1.11. The van der Waals surface area contributed by atoms with Crippen LogP contribution in [-0.4, -0.2) is 30.3 Å². The molecule has 1 aliphatic rings. The van der Waals surface area contributed by atoms with Gasteiger partial charge in [-0.1, -0.05) is 6.07 Å². The van der Waals surface area contributed by atoms with E-state index in [0.29, 0.717) is 24.9 Å². The Hall–Kier alpha value is -2.24. The highest BCUT2D eigenvalue weighted by molar-refractivity contribution is 5.86.